The SMILES string of the molecule is N#Cc1cc(-c2ccc(-c3nc4ccccc4o3)c(-c3ccccc3)c2)ccc1C1C=CC=C(c2nc(-c3ccccc3)nc(-c3ccccc3)n2)C1. The van der Waals surface area contributed by atoms with Gasteiger partial charge in [0.1, 0.15) is 5.52 Å². The van der Waals surface area contributed by atoms with Crippen molar-refractivity contribution in [1.29, 1.82) is 5.26 Å². The first-order valence-corrected chi connectivity index (χ1v) is 17.5. The Hall–Kier alpha value is -7.23. The quantitative estimate of drug-likeness (QED) is 0.166. The van der Waals surface area contributed by atoms with E-state index in [2.05, 4.69) is 60.7 Å². The number of para-hydroxylation sites is 2. The van der Waals surface area contributed by atoms with Crippen LogP contribution in [0.25, 0.3) is 73.2 Å². The zero-order valence-electron chi connectivity index (χ0n) is 28.6. The summed E-state index contributed by atoms with van der Waals surface area (Å²) in [5.74, 6) is 2.43. The summed E-state index contributed by atoms with van der Waals surface area (Å²) < 4.78 is 6.20. The van der Waals surface area contributed by atoms with Crippen molar-refractivity contribution in [3.63, 3.8) is 0 Å². The predicted molar refractivity (Wildman–Crippen MR) is 210 cm³/mol. The molecule has 1 unspecified atom stereocenters. The number of nitrogens with zero attached hydrogens (tertiary/aromatic N) is 5. The Labute approximate surface area is 307 Å². The largest absolute Gasteiger partial charge is 0.436 e. The number of benzene rings is 6. The maximum absolute atomic E-state index is 10.5. The molecule has 0 N–H and O–H groups in total. The first-order valence-electron chi connectivity index (χ1n) is 17.5. The molecule has 9 rings (SSSR count). The summed E-state index contributed by atoms with van der Waals surface area (Å²) in [4.78, 5) is 19.6. The summed E-state index contributed by atoms with van der Waals surface area (Å²) in [7, 11) is 0. The number of nitriles is 1. The van der Waals surface area contributed by atoms with Crippen LogP contribution in [-0.2, 0) is 0 Å². The molecule has 53 heavy (non-hydrogen) atoms. The third-order valence-electron chi connectivity index (χ3n) is 9.60. The highest BCUT2D eigenvalue weighted by atomic mass is 16.3. The van der Waals surface area contributed by atoms with Crippen LogP contribution in [-0.4, -0.2) is 19.9 Å². The molecule has 0 spiro atoms. The molecule has 0 aliphatic heterocycles. The molecule has 6 nitrogen and oxygen atoms in total. The molecule has 6 aromatic carbocycles. The zero-order valence-corrected chi connectivity index (χ0v) is 28.6. The number of hydrogen-bond acceptors (Lipinski definition) is 6. The molecule has 6 heteroatoms. The highest BCUT2D eigenvalue weighted by molar-refractivity contribution is 5.87. The molecular formula is C47H31N5O. The average Bonchev–Trinajstić information content (AvgIpc) is 3.68. The van der Waals surface area contributed by atoms with Gasteiger partial charge in [0.05, 0.1) is 11.6 Å². The van der Waals surface area contributed by atoms with E-state index >= 15 is 0 Å². The Balaban J connectivity index is 1.05. The molecule has 0 saturated carbocycles. The van der Waals surface area contributed by atoms with Crippen molar-refractivity contribution in [3.05, 3.63) is 187 Å². The van der Waals surface area contributed by atoms with Crippen molar-refractivity contribution in [2.24, 2.45) is 0 Å². The van der Waals surface area contributed by atoms with Gasteiger partial charge in [-0.15, -0.1) is 0 Å². The van der Waals surface area contributed by atoms with Crippen molar-refractivity contribution < 1.29 is 4.42 Å². The normalized spacial score (nSPS) is 13.8. The highest BCUT2D eigenvalue weighted by Gasteiger charge is 2.22. The van der Waals surface area contributed by atoms with Crippen LogP contribution >= 0.6 is 0 Å². The maximum Gasteiger partial charge on any atom is 0.227 e. The molecule has 250 valence electrons. The fourth-order valence-corrected chi connectivity index (χ4v) is 6.92. The molecule has 2 aromatic heterocycles. The van der Waals surface area contributed by atoms with Gasteiger partial charge in [-0.2, -0.15) is 5.26 Å². The molecule has 0 amide bonds. The number of aromatic nitrogens is 4. The van der Waals surface area contributed by atoms with Crippen LogP contribution < -0.4 is 0 Å². The van der Waals surface area contributed by atoms with Crippen molar-refractivity contribution >= 4 is 16.7 Å². The van der Waals surface area contributed by atoms with Gasteiger partial charge >= 0.3 is 0 Å². The number of allylic oxidation sites excluding steroid dienone is 4. The smallest absolute Gasteiger partial charge is 0.227 e. The van der Waals surface area contributed by atoms with Gasteiger partial charge in [-0.25, -0.2) is 19.9 Å². The fraction of sp³-hybridized carbons (Fsp3) is 0.0426. The van der Waals surface area contributed by atoms with Crippen LogP contribution in [0.3, 0.4) is 0 Å². The lowest BCUT2D eigenvalue weighted by Gasteiger charge is -2.20. The summed E-state index contributed by atoms with van der Waals surface area (Å²) >= 11 is 0. The van der Waals surface area contributed by atoms with Crippen molar-refractivity contribution in [2.45, 2.75) is 12.3 Å². The second-order valence-electron chi connectivity index (χ2n) is 13.0. The summed E-state index contributed by atoms with van der Waals surface area (Å²) in [5, 5.41) is 10.5. The van der Waals surface area contributed by atoms with Crippen molar-refractivity contribution in [2.75, 3.05) is 0 Å². The van der Waals surface area contributed by atoms with Gasteiger partial charge in [-0.05, 0) is 70.1 Å². The zero-order chi connectivity index (χ0) is 35.6. The third kappa shape index (κ3) is 6.33. The van der Waals surface area contributed by atoms with E-state index in [0.717, 1.165) is 61.2 Å². The first kappa shape index (κ1) is 31.7. The van der Waals surface area contributed by atoms with Crippen LogP contribution in [0.5, 0.6) is 0 Å². The Kier molecular flexibility index (Phi) is 8.28. The lowest BCUT2D eigenvalue weighted by molar-refractivity contribution is 0.620. The van der Waals surface area contributed by atoms with Gasteiger partial charge in [0.15, 0.2) is 23.1 Å². The molecule has 1 aliphatic carbocycles. The third-order valence-corrected chi connectivity index (χ3v) is 9.60. The van der Waals surface area contributed by atoms with Crippen LogP contribution in [0.15, 0.2) is 174 Å². The number of oxazole rings is 1. The summed E-state index contributed by atoms with van der Waals surface area (Å²) in [6, 6.07) is 53.0. The van der Waals surface area contributed by atoms with Crippen molar-refractivity contribution in [3.8, 4) is 62.6 Å². The number of rotatable bonds is 7. The summed E-state index contributed by atoms with van der Waals surface area (Å²) in [5.41, 5.74) is 10.9. The number of fused-ring (bicyclic) bond motifs is 1. The Bertz CT molecular complexity index is 2620. The first-order chi connectivity index (χ1) is 26.2. The predicted octanol–water partition coefficient (Wildman–Crippen LogP) is 11.3. The fourth-order valence-electron chi connectivity index (χ4n) is 6.92. The topological polar surface area (TPSA) is 88.5 Å². The van der Waals surface area contributed by atoms with E-state index in [9.17, 15) is 5.26 Å². The molecule has 8 aromatic rings. The minimum atomic E-state index is -0.0303. The minimum absolute atomic E-state index is 0.0303. The monoisotopic (exact) mass is 681 g/mol. The van der Waals surface area contributed by atoms with E-state index in [1.807, 2.05) is 115 Å². The Morgan fingerprint density at radius 3 is 1.83 bits per heavy atom. The molecule has 1 atom stereocenters. The van der Waals surface area contributed by atoms with Gasteiger partial charge in [-0.3, -0.25) is 0 Å². The molecule has 0 bridgehead atoms. The molecule has 2 heterocycles. The minimum Gasteiger partial charge on any atom is -0.436 e. The highest BCUT2D eigenvalue weighted by Crippen LogP contribution is 2.39. The van der Waals surface area contributed by atoms with E-state index < -0.39 is 0 Å². The molecular weight excluding hydrogens is 651 g/mol. The molecule has 0 radical (unpaired) electrons. The van der Waals surface area contributed by atoms with Crippen LogP contribution in [0.1, 0.15) is 29.3 Å². The summed E-state index contributed by atoms with van der Waals surface area (Å²) in [6.45, 7) is 0. The van der Waals surface area contributed by atoms with Gasteiger partial charge < -0.3 is 4.42 Å². The molecule has 1 aliphatic rings. The van der Waals surface area contributed by atoms with Crippen molar-refractivity contribution in [1.82, 2.24) is 19.9 Å². The van der Waals surface area contributed by atoms with E-state index in [4.69, 9.17) is 24.4 Å². The van der Waals surface area contributed by atoms with Crippen LogP contribution in [0.2, 0.25) is 0 Å². The van der Waals surface area contributed by atoms with Gasteiger partial charge in [0.25, 0.3) is 0 Å². The molecule has 0 saturated heterocycles. The van der Waals surface area contributed by atoms with E-state index in [1.54, 1.807) is 0 Å². The van der Waals surface area contributed by atoms with E-state index in [0.29, 0.717) is 35.3 Å². The van der Waals surface area contributed by atoms with Crippen LogP contribution in [0, 0.1) is 11.3 Å². The lowest BCUT2D eigenvalue weighted by Crippen LogP contribution is -2.08. The van der Waals surface area contributed by atoms with Crippen LogP contribution in [0.4, 0.5) is 0 Å². The molecule has 0 fully saturated rings. The Morgan fingerprint density at radius 1 is 0.547 bits per heavy atom. The Morgan fingerprint density at radius 2 is 1.15 bits per heavy atom. The lowest BCUT2D eigenvalue weighted by atomic mass is 9.84. The van der Waals surface area contributed by atoms with E-state index in [1.165, 1.54) is 0 Å². The second-order valence-corrected chi connectivity index (χ2v) is 13.0. The van der Waals surface area contributed by atoms with Gasteiger partial charge in [-0.1, -0.05) is 140 Å². The van der Waals surface area contributed by atoms with E-state index in [-0.39, 0.29) is 5.92 Å². The standard InChI is InChI=1S/C47H31N5O/c48-30-38-27-34(35-24-26-40(41(29-35)31-13-4-1-5-14-31)47-49-42-21-10-11-22-43(42)53-47)23-25-39(38)36-19-12-20-37(28-36)46-51-44(32-15-6-2-7-16-32)50-45(52-46)33-17-8-3-9-18-33/h1-27,29,36H,28H2. The second kappa shape index (κ2) is 13.8. The number of hydrogen-bond donors (Lipinski definition) is 0. The maximum atomic E-state index is 10.5. The van der Waals surface area contributed by atoms with Gasteiger partial charge in [0.2, 0.25) is 5.89 Å². The average molecular weight is 682 g/mol. The summed E-state index contributed by atoms with van der Waals surface area (Å²) in [6.07, 6.45) is 6.91. The van der Waals surface area contributed by atoms with Gasteiger partial charge in [0, 0.05) is 22.6 Å².